The van der Waals surface area contributed by atoms with Crippen molar-refractivity contribution in [1.82, 2.24) is 0 Å². The molecule has 1 amide bonds. The Morgan fingerprint density at radius 2 is 1.89 bits per heavy atom. The zero-order chi connectivity index (χ0) is 13.8. The summed E-state index contributed by atoms with van der Waals surface area (Å²) in [6, 6.07) is 13.4. The van der Waals surface area contributed by atoms with Crippen LogP contribution in [0.1, 0.15) is 16.7 Å². The average Bonchev–Trinajstić information content (AvgIpc) is 2.36. The molecule has 0 saturated heterocycles. The van der Waals surface area contributed by atoms with Crippen LogP contribution in [0.25, 0.3) is 0 Å². The number of carbonyl (C=O) groups excluding carboxylic acids is 1. The van der Waals surface area contributed by atoms with Crippen molar-refractivity contribution < 1.29 is 4.79 Å². The normalized spacial score (nSPS) is 10.2. The predicted molar refractivity (Wildman–Crippen MR) is 79.1 cm³/mol. The summed E-state index contributed by atoms with van der Waals surface area (Å²) in [5.41, 5.74) is 10.4. The first-order chi connectivity index (χ1) is 9.06. The second kappa shape index (κ2) is 5.57. The molecule has 0 aliphatic rings. The van der Waals surface area contributed by atoms with Gasteiger partial charge in [-0.25, -0.2) is 0 Å². The van der Waals surface area contributed by atoms with Gasteiger partial charge in [-0.1, -0.05) is 35.9 Å². The SMILES string of the molecule is Cc1ccc(NC(=O)Cc2ccccc2N)c(C)c1. The Morgan fingerprint density at radius 3 is 2.58 bits per heavy atom. The number of nitrogens with one attached hydrogen (secondary N) is 1. The third-order valence-electron chi connectivity index (χ3n) is 3.06. The quantitative estimate of drug-likeness (QED) is 0.827. The Balaban J connectivity index is 2.08. The molecule has 2 aromatic rings. The molecule has 2 rings (SSSR count). The molecule has 98 valence electrons. The molecule has 0 bridgehead atoms. The van der Waals surface area contributed by atoms with E-state index < -0.39 is 0 Å². The molecule has 0 saturated carbocycles. The van der Waals surface area contributed by atoms with Gasteiger partial charge in [0.15, 0.2) is 0 Å². The van der Waals surface area contributed by atoms with Crippen LogP contribution in [0.5, 0.6) is 0 Å². The number of aryl methyl sites for hydroxylation is 2. The molecule has 0 heterocycles. The fourth-order valence-corrected chi connectivity index (χ4v) is 2.02. The molecule has 2 aromatic carbocycles. The van der Waals surface area contributed by atoms with Gasteiger partial charge in [0.1, 0.15) is 0 Å². The van der Waals surface area contributed by atoms with Crippen LogP contribution in [0, 0.1) is 13.8 Å². The van der Waals surface area contributed by atoms with E-state index in [0.717, 1.165) is 16.8 Å². The molecular formula is C16H18N2O. The number of anilines is 2. The third-order valence-corrected chi connectivity index (χ3v) is 3.06. The second-order valence-electron chi connectivity index (χ2n) is 4.74. The van der Waals surface area contributed by atoms with Gasteiger partial charge in [0.05, 0.1) is 6.42 Å². The molecule has 0 aliphatic heterocycles. The lowest BCUT2D eigenvalue weighted by atomic mass is 10.1. The second-order valence-corrected chi connectivity index (χ2v) is 4.74. The number of hydrogen-bond acceptors (Lipinski definition) is 2. The Labute approximate surface area is 113 Å². The van der Waals surface area contributed by atoms with Crippen molar-refractivity contribution in [3.05, 3.63) is 59.2 Å². The van der Waals surface area contributed by atoms with Gasteiger partial charge in [0.2, 0.25) is 5.91 Å². The summed E-state index contributed by atoms with van der Waals surface area (Å²) in [6.45, 7) is 4.02. The lowest BCUT2D eigenvalue weighted by Gasteiger charge is -2.10. The maximum absolute atomic E-state index is 12.0. The van der Waals surface area contributed by atoms with Gasteiger partial charge in [0, 0.05) is 11.4 Å². The lowest BCUT2D eigenvalue weighted by molar-refractivity contribution is -0.115. The summed E-state index contributed by atoms with van der Waals surface area (Å²) in [5.74, 6) is -0.0511. The fourth-order valence-electron chi connectivity index (χ4n) is 2.02. The van der Waals surface area contributed by atoms with Gasteiger partial charge >= 0.3 is 0 Å². The molecule has 0 fully saturated rings. The Morgan fingerprint density at radius 1 is 1.16 bits per heavy atom. The van der Waals surface area contributed by atoms with Crippen molar-refractivity contribution in [2.75, 3.05) is 11.1 Å². The summed E-state index contributed by atoms with van der Waals surface area (Å²) in [7, 11) is 0. The zero-order valence-corrected chi connectivity index (χ0v) is 11.2. The van der Waals surface area contributed by atoms with E-state index in [1.54, 1.807) is 6.07 Å². The number of para-hydroxylation sites is 1. The highest BCUT2D eigenvalue weighted by molar-refractivity contribution is 5.93. The highest BCUT2D eigenvalue weighted by Crippen LogP contribution is 2.17. The first kappa shape index (κ1) is 13.1. The fraction of sp³-hybridized carbons (Fsp3) is 0.188. The first-order valence-electron chi connectivity index (χ1n) is 6.27. The molecule has 0 aliphatic carbocycles. The summed E-state index contributed by atoms with van der Waals surface area (Å²) in [6.07, 6.45) is 0.292. The van der Waals surface area contributed by atoms with Crippen molar-refractivity contribution in [3.63, 3.8) is 0 Å². The summed E-state index contributed by atoms with van der Waals surface area (Å²) in [5, 5.41) is 2.92. The summed E-state index contributed by atoms with van der Waals surface area (Å²) in [4.78, 5) is 12.0. The van der Waals surface area contributed by atoms with E-state index in [1.165, 1.54) is 5.56 Å². The number of amides is 1. The number of rotatable bonds is 3. The molecule has 0 unspecified atom stereocenters. The van der Waals surface area contributed by atoms with E-state index in [1.807, 2.05) is 50.2 Å². The number of nitrogens with two attached hydrogens (primary N) is 1. The molecular weight excluding hydrogens is 236 g/mol. The lowest BCUT2D eigenvalue weighted by Crippen LogP contribution is -2.16. The van der Waals surface area contributed by atoms with Crippen LogP contribution in [-0.4, -0.2) is 5.91 Å². The Kier molecular flexibility index (Phi) is 3.85. The summed E-state index contributed by atoms with van der Waals surface area (Å²) >= 11 is 0. The first-order valence-corrected chi connectivity index (χ1v) is 6.27. The van der Waals surface area contributed by atoms with E-state index in [-0.39, 0.29) is 5.91 Å². The topological polar surface area (TPSA) is 55.1 Å². The van der Waals surface area contributed by atoms with Gasteiger partial charge < -0.3 is 11.1 Å². The number of benzene rings is 2. The third kappa shape index (κ3) is 3.35. The van der Waals surface area contributed by atoms with Gasteiger partial charge in [-0.05, 0) is 37.1 Å². The molecule has 0 atom stereocenters. The van der Waals surface area contributed by atoms with E-state index in [0.29, 0.717) is 12.1 Å². The van der Waals surface area contributed by atoms with Crippen molar-refractivity contribution in [2.24, 2.45) is 0 Å². The van der Waals surface area contributed by atoms with Crippen LogP contribution in [-0.2, 0) is 11.2 Å². The zero-order valence-electron chi connectivity index (χ0n) is 11.2. The highest BCUT2D eigenvalue weighted by Gasteiger charge is 2.07. The number of hydrogen-bond donors (Lipinski definition) is 2. The van der Waals surface area contributed by atoms with Gasteiger partial charge in [0.25, 0.3) is 0 Å². The van der Waals surface area contributed by atoms with E-state index >= 15 is 0 Å². The molecule has 3 nitrogen and oxygen atoms in total. The summed E-state index contributed by atoms with van der Waals surface area (Å²) < 4.78 is 0. The van der Waals surface area contributed by atoms with Crippen molar-refractivity contribution >= 4 is 17.3 Å². The number of carbonyl (C=O) groups is 1. The van der Waals surface area contributed by atoms with E-state index in [4.69, 9.17) is 5.73 Å². The van der Waals surface area contributed by atoms with Crippen LogP contribution in [0.4, 0.5) is 11.4 Å². The molecule has 19 heavy (non-hydrogen) atoms. The van der Waals surface area contributed by atoms with Crippen LogP contribution in [0.3, 0.4) is 0 Å². The Hall–Kier alpha value is -2.29. The van der Waals surface area contributed by atoms with Crippen molar-refractivity contribution in [1.29, 1.82) is 0 Å². The van der Waals surface area contributed by atoms with Crippen LogP contribution >= 0.6 is 0 Å². The maximum Gasteiger partial charge on any atom is 0.228 e. The monoisotopic (exact) mass is 254 g/mol. The van der Waals surface area contributed by atoms with E-state index in [9.17, 15) is 4.79 Å². The number of nitrogen functional groups attached to an aromatic ring is 1. The largest absolute Gasteiger partial charge is 0.398 e. The van der Waals surface area contributed by atoms with Crippen molar-refractivity contribution in [2.45, 2.75) is 20.3 Å². The molecule has 3 N–H and O–H groups in total. The molecule has 0 radical (unpaired) electrons. The van der Waals surface area contributed by atoms with Crippen LogP contribution in [0.15, 0.2) is 42.5 Å². The molecule has 0 spiro atoms. The van der Waals surface area contributed by atoms with Crippen molar-refractivity contribution in [3.8, 4) is 0 Å². The van der Waals surface area contributed by atoms with Gasteiger partial charge in [-0.2, -0.15) is 0 Å². The maximum atomic E-state index is 12.0. The minimum atomic E-state index is -0.0511. The smallest absolute Gasteiger partial charge is 0.228 e. The standard InChI is InChI=1S/C16H18N2O/c1-11-7-8-15(12(2)9-11)18-16(19)10-13-5-3-4-6-14(13)17/h3-9H,10,17H2,1-2H3,(H,18,19). The average molecular weight is 254 g/mol. The highest BCUT2D eigenvalue weighted by atomic mass is 16.1. The molecule has 0 aromatic heterocycles. The minimum Gasteiger partial charge on any atom is -0.398 e. The Bertz CT molecular complexity index is 605. The molecule has 3 heteroatoms. The minimum absolute atomic E-state index is 0.0511. The van der Waals surface area contributed by atoms with Gasteiger partial charge in [-0.3, -0.25) is 4.79 Å². The van der Waals surface area contributed by atoms with Gasteiger partial charge in [-0.15, -0.1) is 0 Å². The predicted octanol–water partition coefficient (Wildman–Crippen LogP) is 3.07. The van der Waals surface area contributed by atoms with Crippen LogP contribution in [0.2, 0.25) is 0 Å². The van der Waals surface area contributed by atoms with E-state index in [2.05, 4.69) is 5.32 Å². The van der Waals surface area contributed by atoms with Crippen LogP contribution < -0.4 is 11.1 Å².